The van der Waals surface area contributed by atoms with Gasteiger partial charge in [-0.25, -0.2) is 0 Å². The summed E-state index contributed by atoms with van der Waals surface area (Å²) in [6, 6.07) is 39.7. The number of benzene rings is 5. The summed E-state index contributed by atoms with van der Waals surface area (Å²) in [6.45, 7) is 0. The molecule has 0 aliphatic heterocycles. The molecule has 1 N–H and O–H groups in total. The van der Waals surface area contributed by atoms with Gasteiger partial charge in [0.25, 0.3) is 0 Å². The topological polar surface area (TPSA) is 61.1 Å². The van der Waals surface area contributed by atoms with Crippen molar-refractivity contribution < 1.29 is 9.90 Å². The maximum absolute atomic E-state index is 15.0. The number of carbonyl (C=O) groups excluding carboxylic acids is 1. The van der Waals surface area contributed by atoms with Crippen molar-refractivity contribution in [2.45, 2.75) is 29.3 Å². The van der Waals surface area contributed by atoms with Crippen LogP contribution in [-0.4, -0.2) is 10.9 Å². The number of Topliss-reactive ketones (excluding diaryl/α,β-unsaturated/α-hetero) is 1. The maximum atomic E-state index is 15.0. The summed E-state index contributed by atoms with van der Waals surface area (Å²) < 4.78 is 2.53. The summed E-state index contributed by atoms with van der Waals surface area (Å²) in [5.41, 5.74) is 0.331. The lowest BCUT2D eigenvalue weighted by molar-refractivity contribution is -0.0738. The summed E-state index contributed by atoms with van der Waals surface area (Å²) >= 11 is 23.3. The van der Waals surface area contributed by atoms with Gasteiger partial charge in [-0.15, -0.1) is 0 Å². The van der Waals surface area contributed by atoms with Crippen molar-refractivity contribution >= 4 is 76.8 Å². The Morgan fingerprint density at radius 3 is 1.59 bits per heavy atom. The minimum absolute atomic E-state index is 0.0942. The van der Waals surface area contributed by atoms with E-state index in [1.54, 1.807) is 36.4 Å². The van der Waals surface area contributed by atoms with Crippen LogP contribution in [0, 0.1) is 17.2 Å². The third-order valence-electron chi connectivity index (χ3n) is 9.17. The van der Waals surface area contributed by atoms with Crippen LogP contribution in [-0.2, 0) is 11.0 Å². The summed E-state index contributed by atoms with van der Waals surface area (Å²) in [7, 11) is 0. The highest BCUT2D eigenvalue weighted by molar-refractivity contribution is 9.11. The highest BCUT2D eigenvalue weighted by atomic mass is 79.9. The third kappa shape index (κ3) is 6.03. The number of nitrogens with zero attached hydrogens (tertiary/aromatic N) is 1. The molecule has 1 saturated carbocycles. The van der Waals surface area contributed by atoms with E-state index in [1.165, 1.54) is 0 Å². The Bertz CT molecular complexity index is 1910. The molecule has 5 aromatic rings. The number of aliphatic hydroxyl groups is 1. The molecule has 5 atom stereocenters. The Labute approximate surface area is 303 Å². The van der Waals surface area contributed by atoms with Gasteiger partial charge < -0.3 is 5.11 Å². The molecule has 0 unspecified atom stereocenters. The van der Waals surface area contributed by atoms with Crippen LogP contribution in [0.3, 0.4) is 0 Å². The van der Waals surface area contributed by atoms with Crippen LogP contribution in [0.15, 0.2) is 135 Å². The zero-order valence-corrected chi connectivity index (χ0v) is 30.4. The van der Waals surface area contributed by atoms with Crippen LogP contribution in [0.25, 0.3) is 0 Å². The number of carbonyl (C=O) groups is 1. The van der Waals surface area contributed by atoms with E-state index in [1.807, 2.05) is 84.9 Å². The molecule has 0 aromatic heterocycles. The van der Waals surface area contributed by atoms with Crippen molar-refractivity contribution in [2.75, 3.05) is 0 Å². The van der Waals surface area contributed by atoms with Crippen LogP contribution in [0.5, 0.6) is 0 Å². The molecule has 1 fully saturated rings. The molecule has 1 aliphatic rings. The van der Waals surface area contributed by atoms with Gasteiger partial charge in [0, 0.05) is 40.9 Å². The fourth-order valence-electron chi connectivity index (χ4n) is 7.07. The first-order chi connectivity index (χ1) is 22.1. The molecule has 46 heavy (non-hydrogen) atoms. The maximum Gasteiger partial charge on any atom is 0.169 e. The number of hydrogen-bond donors (Lipinski definition) is 1. The second-order valence-electron chi connectivity index (χ2n) is 11.6. The first kappa shape index (κ1) is 33.2. The number of ketones is 1. The van der Waals surface area contributed by atoms with Gasteiger partial charge in [0.2, 0.25) is 0 Å². The molecule has 6 rings (SSSR count). The van der Waals surface area contributed by atoms with Crippen LogP contribution in [0.1, 0.15) is 50.9 Å². The average molecular weight is 839 g/mol. The smallest absolute Gasteiger partial charge is 0.169 e. The predicted molar refractivity (Wildman–Crippen MR) is 194 cm³/mol. The Morgan fingerprint density at radius 2 is 1.11 bits per heavy atom. The monoisotopic (exact) mass is 835 g/mol. The van der Waals surface area contributed by atoms with E-state index in [0.29, 0.717) is 21.2 Å². The molecule has 0 bridgehead atoms. The molecule has 8 heteroatoms. The van der Waals surface area contributed by atoms with Crippen molar-refractivity contribution in [3.8, 4) is 6.07 Å². The van der Waals surface area contributed by atoms with Crippen molar-refractivity contribution in [3.05, 3.63) is 173 Å². The fourth-order valence-corrected chi connectivity index (χ4v) is 8.12. The molecule has 5 aromatic carbocycles. The second kappa shape index (κ2) is 13.4. The zero-order chi connectivity index (χ0) is 32.6. The van der Waals surface area contributed by atoms with Gasteiger partial charge in [-0.05, 0) is 89.3 Å². The van der Waals surface area contributed by atoms with Gasteiger partial charge in [-0.2, -0.15) is 5.26 Å². The van der Waals surface area contributed by atoms with Crippen LogP contribution < -0.4 is 0 Å². The van der Waals surface area contributed by atoms with Gasteiger partial charge in [0.05, 0.1) is 17.4 Å². The summed E-state index contributed by atoms with van der Waals surface area (Å²) in [6.07, 6.45) is 0.0942. The van der Waals surface area contributed by atoms with Crippen LogP contribution in [0.2, 0.25) is 10.0 Å². The largest absolute Gasteiger partial charge is 0.384 e. The van der Waals surface area contributed by atoms with E-state index in [2.05, 4.69) is 53.9 Å². The van der Waals surface area contributed by atoms with Gasteiger partial charge in [0.1, 0.15) is 5.60 Å². The van der Waals surface area contributed by atoms with Crippen molar-refractivity contribution in [1.29, 1.82) is 5.26 Å². The van der Waals surface area contributed by atoms with Crippen molar-refractivity contribution in [1.82, 2.24) is 0 Å². The number of hydrogen-bond acceptors (Lipinski definition) is 3. The molecule has 0 saturated heterocycles. The SMILES string of the molecule is N#C[C@@]1(c2ccc(Br)cc2)[C@@H](c2ccc(Cl)cc2)C[C@@](O)(c2ccc(Br)cc2)[C@H](C(=O)c2ccc(Br)cc2)[C@H]1c1ccc(Cl)cc1. The van der Waals surface area contributed by atoms with Crippen molar-refractivity contribution in [3.63, 3.8) is 0 Å². The lowest BCUT2D eigenvalue weighted by Gasteiger charge is -2.56. The molecule has 230 valence electrons. The zero-order valence-electron chi connectivity index (χ0n) is 24.2. The normalized spacial score (nSPS) is 24.2. The van der Waals surface area contributed by atoms with E-state index in [9.17, 15) is 10.4 Å². The van der Waals surface area contributed by atoms with E-state index in [-0.39, 0.29) is 12.2 Å². The van der Waals surface area contributed by atoms with Gasteiger partial charge >= 0.3 is 0 Å². The molecule has 0 spiro atoms. The van der Waals surface area contributed by atoms with Gasteiger partial charge in [-0.1, -0.05) is 132 Å². The number of halogens is 5. The van der Waals surface area contributed by atoms with E-state index in [0.717, 1.165) is 30.1 Å². The molecule has 0 amide bonds. The third-order valence-corrected chi connectivity index (χ3v) is 11.3. The number of nitriles is 1. The predicted octanol–water partition coefficient (Wildman–Crippen LogP) is 11.4. The lowest BCUT2D eigenvalue weighted by atomic mass is 9.46. The minimum Gasteiger partial charge on any atom is -0.384 e. The molecule has 1 aliphatic carbocycles. The van der Waals surface area contributed by atoms with Gasteiger partial charge in [-0.3, -0.25) is 4.79 Å². The summed E-state index contributed by atoms with van der Waals surface area (Å²) in [5.74, 6) is -2.69. The van der Waals surface area contributed by atoms with E-state index >= 15 is 4.79 Å². The Morgan fingerprint density at radius 1 is 0.674 bits per heavy atom. The quantitative estimate of drug-likeness (QED) is 0.173. The van der Waals surface area contributed by atoms with Crippen LogP contribution >= 0.6 is 71.0 Å². The highest BCUT2D eigenvalue weighted by Crippen LogP contribution is 2.64. The lowest BCUT2D eigenvalue weighted by Crippen LogP contribution is -2.58. The number of rotatable bonds is 6. The van der Waals surface area contributed by atoms with E-state index in [4.69, 9.17) is 23.2 Å². The Balaban J connectivity index is 1.73. The molecule has 3 nitrogen and oxygen atoms in total. The summed E-state index contributed by atoms with van der Waals surface area (Å²) in [5, 5.41) is 25.9. The van der Waals surface area contributed by atoms with Crippen LogP contribution in [0.4, 0.5) is 0 Å². The second-order valence-corrected chi connectivity index (χ2v) is 15.2. The Hall–Kier alpha value is -2.76. The molecule has 0 radical (unpaired) electrons. The molecular weight excluding hydrogens is 813 g/mol. The summed E-state index contributed by atoms with van der Waals surface area (Å²) in [4.78, 5) is 15.0. The molecular formula is C38H26Br3Cl2NO2. The average Bonchev–Trinajstić information content (AvgIpc) is 3.06. The highest BCUT2D eigenvalue weighted by Gasteiger charge is 2.64. The van der Waals surface area contributed by atoms with Crippen molar-refractivity contribution in [2.24, 2.45) is 5.92 Å². The van der Waals surface area contributed by atoms with Gasteiger partial charge in [0.15, 0.2) is 5.78 Å². The first-order valence-corrected chi connectivity index (χ1v) is 17.7. The fraction of sp³-hybridized carbons (Fsp3) is 0.158. The standard InChI is InChI=1S/C38H26Br3Cl2NO2/c39-28-11-1-25(2-12-28)36(45)35-34(24-5-19-32(43)20-6-24)37(22-44,26-7-13-29(40)14-8-26)33(23-3-17-31(42)18-4-23)21-38(35,46)27-9-15-30(41)16-10-27/h1-20,33-35,46H,21H2/t33-,34-,35+,37-,38-/m1/s1. The Kier molecular flexibility index (Phi) is 9.65. The molecule has 0 heterocycles. The first-order valence-electron chi connectivity index (χ1n) is 14.5. The minimum atomic E-state index is -1.69. The van der Waals surface area contributed by atoms with E-state index < -0.39 is 28.8 Å².